The molecule has 6 nitrogen and oxygen atoms in total. The number of benzene rings is 2. The van der Waals surface area contributed by atoms with E-state index >= 15 is 0 Å². The van der Waals surface area contributed by atoms with Crippen LogP contribution in [0.5, 0.6) is 11.5 Å². The highest BCUT2D eigenvalue weighted by Gasteiger charge is 2.18. The van der Waals surface area contributed by atoms with E-state index in [1.54, 1.807) is 20.3 Å². The van der Waals surface area contributed by atoms with Crippen LogP contribution in [0.3, 0.4) is 0 Å². The maximum absolute atomic E-state index is 12.4. The van der Waals surface area contributed by atoms with Crippen LogP contribution in [0.2, 0.25) is 0 Å². The molecule has 28 heavy (non-hydrogen) atoms. The molecule has 3 aromatic rings. The van der Waals surface area contributed by atoms with Gasteiger partial charge in [0.2, 0.25) is 5.91 Å². The van der Waals surface area contributed by atoms with Crippen LogP contribution in [0.1, 0.15) is 22.3 Å². The molecule has 0 bridgehead atoms. The summed E-state index contributed by atoms with van der Waals surface area (Å²) < 4.78 is 16.0. The summed E-state index contributed by atoms with van der Waals surface area (Å²) in [6.45, 7) is 4.07. The number of hydrogen-bond acceptors (Lipinski definition) is 5. The van der Waals surface area contributed by atoms with Crippen molar-refractivity contribution in [3.8, 4) is 11.5 Å². The molecule has 1 amide bonds. The Bertz CT molecular complexity index is 1070. The number of aryl methyl sites for hydroxylation is 2. The van der Waals surface area contributed by atoms with Gasteiger partial charge in [0, 0.05) is 6.54 Å². The van der Waals surface area contributed by atoms with Crippen molar-refractivity contribution in [3.63, 3.8) is 0 Å². The Labute approximate surface area is 163 Å². The second kappa shape index (κ2) is 8.17. The van der Waals surface area contributed by atoms with Crippen molar-refractivity contribution in [1.29, 1.82) is 0 Å². The topological polar surface area (TPSA) is 77.8 Å². The van der Waals surface area contributed by atoms with Gasteiger partial charge in [-0.3, -0.25) is 4.79 Å². The summed E-state index contributed by atoms with van der Waals surface area (Å²) in [6.07, 6.45) is -0.0582. The van der Waals surface area contributed by atoms with Crippen molar-refractivity contribution in [2.45, 2.75) is 26.8 Å². The molecule has 0 aliphatic heterocycles. The van der Waals surface area contributed by atoms with Crippen LogP contribution in [-0.2, 0) is 17.8 Å². The Morgan fingerprint density at radius 2 is 1.79 bits per heavy atom. The number of methoxy groups -OCH3 is 2. The molecule has 0 unspecified atom stereocenters. The quantitative estimate of drug-likeness (QED) is 0.663. The molecule has 0 spiro atoms. The number of ether oxygens (including phenoxy) is 2. The largest absolute Gasteiger partial charge is 0.497 e. The maximum atomic E-state index is 12.4. The lowest BCUT2D eigenvalue weighted by molar-refractivity contribution is -0.120. The highest BCUT2D eigenvalue weighted by atomic mass is 16.5. The van der Waals surface area contributed by atoms with Crippen LogP contribution in [-0.4, -0.2) is 20.1 Å². The minimum atomic E-state index is -0.503. The first kappa shape index (κ1) is 19.5. The Morgan fingerprint density at radius 1 is 1.07 bits per heavy atom. The van der Waals surface area contributed by atoms with E-state index in [2.05, 4.69) is 5.32 Å². The highest BCUT2D eigenvalue weighted by molar-refractivity contribution is 5.89. The number of carbonyl (C=O) groups is 1. The number of nitrogens with one attached hydrogen (secondary N) is 1. The molecule has 0 saturated heterocycles. The van der Waals surface area contributed by atoms with E-state index in [4.69, 9.17) is 13.9 Å². The summed E-state index contributed by atoms with van der Waals surface area (Å²) in [5.74, 6) is 1.12. The number of fused-ring (bicyclic) bond motifs is 1. The van der Waals surface area contributed by atoms with Gasteiger partial charge in [0.25, 0.3) is 0 Å². The van der Waals surface area contributed by atoms with Gasteiger partial charge >= 0.3 is 5.63 Å². The molecule has 0 aliphatic carbocycles. The van der Waals surface area contributed by atoms with Crippen molar-refractivity contribution in [2.75, 3.05) is 14.2 Å². The molecule has 1 heterocycles. The normalized spacial score (nSPS) is 10.7. The summed E-state index contributed by atoms with van der Waals surface area (Å²) in [5.41, 5.74) is 2.86. The fourth-order valence-electron chi connectivity index (χ4n) is 3.17. The SMILES string of the molecule is COc1ccc(CNC(=O)Cc2c(C)c3c(OC)cc(C)cc3oc2=O)cc1. The monoisotopic (exact) mass is 381 g/mol. The summed E-state index contributed by atoms with van der Waals surface area (Å²) in [7, 11) is 3.17. The molecule has 0 fully saturated rings. The van der Waals surface area contributed by atoms with Crippen molar-refractivity contribution >= 4 is 16.9 Å². The molecule has 0 aliphatic rings. The second-order valence-corrected chi connectivity index (χ2v) is 6.63. The Balaban J connectivity index is 1.82. The molecule has 6 heteroatoms. The molecule has 146 valence electrons. The van der Waals surface area contributed by atoms with Crippen LogP contribution < -0.4 is 20.4 Å². The van der Waals surface area contributed by atoms with Gasteiger partial charge in [0.1, 0.15) is 17.1 Å². The maximum Gasteiger partial charge on any atom is 0.340 e. The van der Waals surface area contributed by atoms with E-state index in [9.17, 15) is 9.59 Å². The Kier molecular flexibility index (Phi) is 5.68. The summed E-state index contributed by atoms with van der Waals surface area (Å²) >= 11 is 0. The number of carbonyl (C=O) groups excluding carboxylic acids is 1. The van der Waals surface area contributed by atoms with Gasteiger partial charge in [0.15, 0.2) is 0 Å². The van der Waals surface area contributed by atoms with Crippen molar-refractivity contribution in [3.05, 3.63) is 69.1 Å². The average molecular weight is 381 g/mol. The van der Waals surface area contributed by atoms with Crippen molar-refractivity contribution < 1.29 is 18.7 Å². The molecule has 0 radical (unpaired) electrons. The van der Waals surface area contributed by atoms with Gasteiger partial charge in [-0.1, -0.05) is 12.1 Å². The van der Waals surface area contributed by atoms with E-state index in [-0.39, 0.29) is 12.3 Å². The van der Waals surface area contributed by atoms with E-state index < -0.39 is 5.63 Å². The second-order valence-electron chi connectivity index (χ2n) is 6.63. The smallest absolute Gasteiger partial charge is 0.340 e. The van der Waals surface area contributed by atoms with Gasteiger partial charge in [-0.25, -0.2) is 4.79 Å². The summed E-state index contributed by atoms with van der Waals surface area (Å²) in [5, 5.41) is 3.55. The van der Waals surface area contributed by atoms with E-state index in [0.29, 0.717) is 34.4 Å². The highest BCUT2D eigenvalue weighted by Crippen LogP contribution is 2.30. The Hall–Kier alpha value is -3.28. The van der Waals surface area contributed by atoms with Gasteiger partial charge < -0.3 is 19.2 Å². The zero-order valence-electron chi connectivity index (χ0n) is 16.4. The summed E-state index contributed by atoms with van der Waals surface area (Å²) in [6, 6.07) is 11.1. The van der Waals surface area contributed by atoms with Crippen LogP contribution >= 0.6 is 0 Å². The molecule has 1 N–H and O–H groups in total. The lowest BCUT2D eigenvalue weighted by Crippen LogP contribution is -2.27. The van der Waals surface area contributed by atoms with E-state index in [1.165, 1.54) is 0 Å². The molecule has 0 atom stereocenters. The van der Waals surface area contributed by atoms with Gasteiger partial charge in [-0.05, 0) is 54.8 Å². The number of amides is 1. The van der Waals surface area contributed by atoms with Crippen LogP contribution in [0.25, 0.3) is 11.0 Å². The fourth-order valence-corrected chi connectivity index (χ4v) is 3.17. The fraction of sp³-hybridized carbons (Fsp3) is 0.273. The zero-order chi connectivity index (χ0) is 20.3. The number of hydrogen-bond donors (Lipinski definition) is 1. The lowest BCUT2D eigenvalue weighted by Gasteiger charge is -2.12. The molecular formula is C22H23NO5. The lowest BCUT2D eigenvalue weighted by atomic mass is 10.0. The Morgan fingerprint density at radius 3 is 2.43 bits per heavy atom. The first-order chi connectivity index (χ1) is 13.4. The van der Waals surface area contributed by atoms with E-state index in [1.807, 2.05) is 44.2 Å². The van der Waals surface area contributed by atoms with Gasteiger partial charge in [-0.2, -0.15) is 0 Å². The van der Waals surface area contributed by atoms with E-state index in [0.717, 1.165) is 16.9 Å². The molecule has 2 aromatic carbocycles. The third-order valence-corrected chi connectivity index (χ3v) is 4.69. The van der Waals surface area contributed by atoms with Crippen LogP contribution in [0.4, 0.5) is 0 Å². The molecular weight excluding hydrogens is 358 g/mol. The zero-order valence-corrected chi connectivity index (χ0v) is 16.4. The van der Waals surface area contributed by atoms with Crippen molar-refractivity contribution in [1.82, 2.24) is 5.32 Å². The third-order valence-electron chi connectivity index (χ3n) is 4.69. The average Bonchev–Trinajstić information content (AvgIpc) is 2.69. The minimum Gasteiger partial charge on any atom is -0.497 e. The van der Waals surface area contributed by atoms with Crippen molar-refractivity contribution in [2.24, 2.45) is 0 Å². The first-order valence-corrected chi connectivity index (χ1v) is 8.93. The predicted molar refractivity (Wildman–Crippen MR) is 107 cm³/mol. The standard InChI is InChI=1S/C22H23NO5/c1-13-9-18(27-4)21-14(2)17(22(25)28-19(21)10-13)11-20(24)23-12-15-5-7-16(26-3)8-6-15/h5-10H,11-12H2,1-4H3,(H,23,24). The minimum absolute atomic E-state index is 0.0582. The van der Waals surface area contributed by atoms with Gasteiger partial charge in [0.05, 0.1) is 31.6 Å². The predicted octanol–water partition coefficient (Wildman–Crippen LogP) is 3.29. The van der Waals surface area contributed by atoms with Crippen LogP contribution in [0, 0.1) is 13.8 Å². The summed E-state index contributed by atoms with van der Waals surface area (Å²) in [4.78, 5) is 24.9. The molecule has 0 saturated carbocycles. The molecule has 1 aromatic heterocycles. The number of rotatable bonds is 6. The first-order valence-electron chi connectivity index (χ1n) is 8.93. The third kappa shape index (κ3) is 4.01. The van der Waals surface area contributed by atoms with Gasteiger partial charge in [-0.15, -0.1) is 0 Å². The molecule has 3 rings (SSSR count). The van der Waals surface area contributed by atoms with Crippen LogP contribution in [0.15, 0.2) is 45.6 Å².